The van der Waals surface area contributed by atoms with Crippen molar-refractivity contribution in [2.24, 2.45) is 0 Å². The smallest absolute Gasteiger partial charge is 0.244 e. The molecule has 3 N–H and O–H groups in total. The fourth-order valence-electron chi connectivity index (χ4n) is 1.38. The second kappa shape index (κ2) is 7.20. The maximum absolute atomic E-state index is 12.2. The Labute approximate surface area is 120 Å². The van der Waals surface area contributed by atoms with Crippen LogP contribution < -0.4 is 9.46 Å². The minimum atomic E-state index is -3.88. The van der Waals surface area contributed by atoms with Crippen molar-refractivity contribution >= 4 is 26.0 Å². The fourth-order valence-corrected chi connectivity index (χ4v) is 3.28. The van der Waals surface area contributed by atoms with Gasteiger partial charge in [0, 0.05) is 4.47 Å². The third-order valence-corrected chi connectivity index (χ3v) is 4.29. The largest absolute Gasteiger partial charge is 0.492 e. The molecule has 0 heterocycles. The van der Waals surface area contributed by atoms with E-state index in [1.807, 2.05) is 0 Å². The van der Waals surface area contributed by atoms with Gasteiger partial charge >= 0.3 is 0 Å². The molecule has 108 valence electrons. The SMILES string of the molecule is CCOc1ccc(Br)cc1S(=O)(=O)NC(CO)CO. The average Bonchev–Trinajstić information content (AvgIpc) is 2.38. The maximum atomic E-state index is 12.2. The maximum Gasteiger partial charge on any atom is 0.244 e. The van der Waals surface area contributed by atoms with Gasteiger partial charge in [-0.05, 0) is 25.1 Å². The van der Waals surface area contributed by atoms with Gasteiger partial charge in [0.05, 0.1) is 25.9 Å². The number of rotatable bonds is 7. The second-order valence-corrected chi connectivity index (χ2v) is 6.31. The Morgan fingerprint density at radius 3 is 2.53 bits per heavy atom. The van der Waals surface area contributed by atoms with Crippen LogP contribution in [0.3, 0.4) is 0 Å². The Balaban J connectivity index is 3.15. The van der Waals surface area contributed by atoms with Gasteiger partial charge in [-0.1, -0.05) is 15.9 Å². The topological polar surface area (TPSA) is 95.9 Å². The lowest BCUT2D eigenvalue weighted by Gasteiger charge is -2.16. The highest BCUT2D eigenvalue weighted by atomic mass is 79.9. The molecule has 0 aliphatic heterocycles. The van der Waals surface area contributed by atoms with Crippen LogP contribution in [0.15, 0.2) is 27.6 Å². The Morgan fingerprint density at radius 2 is 2.00 bits per heavy atom. The van der Waals surface area contributed by atoms with Crippen LogP contribution in [0.5, 0.6) is 5.75 Å². The number of aliphatic hydroxyl groups excluding tert-OH is 2. The van der Waals surface area contributed by atoms with E-state index in [4.69, 9.17) is 14.9 Å². The summed E-state index contributed by atoms with van der Waals surface area (Å²) in [6, 6.07) is 3.66. The zero-order chi connectivity index (χ0) is 14.5. The molecule has 19 heavy (non-hydrogen) atoms. The fraction of sp³-hybridized carbons (Fsp3) is 0.455. The monoisotopic (exact) mass is 353 g/mol. The van der Waals surface area contributed by atoms with Gasteiger partial charge in [-0.15, -0.1) is 0 Å². The molecule has 0 aromatic heterocycles. The number of hydrogen-bond donors (Lipinski definition) is 3. The lowest BCUT2D eigenvalue weighted by atomic mass is 10.3. The third-order valence-electron chi connectivity index (χ3n) is 2.26. The van der Waals surface area contributed by atoms with Crippen LogP contribution in [0.1, 0.15) is 6.92 Å². The van der Waals surface area contributed by atoms with Gasteiger partial charge in [0.25, 0.3) is 0 Å². The van der Waals surface area contributed by atoms with Crippen LogP contribution in [0.4, 0.5) is 0 Å². The molecule has 0 atom stereocenters. The molecule has 0 radical (unpaired) electrons. The average molecular weight is 354 g/mol. The summed E-state index contributed by atoms with van der Waals surface area (Å²) in [7, 11) is -3.88. The standard InChI is InChI=1S/C11H16BrNO5S/c1-2-18-10-4-3-8(12)5-11(10)19(16,17)13-9(6-14)7-15/h3-5,9,13-15H,2,6-7H2,1H3. The number of benzene rings is 1. The van der Waals surface area contributed by atoms with Gasteiger partial charge < -0.3 is 14.9 Å². The van der Waals surface area contributed by atoms with Gasteiger partial charge in [-0.25, -0.2) is 13.1 Å². The minimum Gasteiger partial charge on any atom is -0.492 e. The van der Waals surface area contributed by atoms with E-state index in [9.17, 15) is 8.42 Å². The van der Waals surface area contributed by atoms with Gasteiger partial charge in [-0.2, -0.15) is 0 Å². The molecule has 0 aliphatic carbocycles. The predicted octanol–water partition coefficient (Wildman–Crippen LogP) is 0.479. The number of ether oxygens (including phenoxy) is 1. The second-order valence-electron chi connectivity index (χ2n) is 3.71. The molecule has 1 aromatic carbocycles. The van der Waals surface area contributed by atoms with Crippen molar-refractivity contribution in [3.8, 4) is 5.75 Å². The highest BCUT2D eigenvalue weighted by Crippen LogP contribution is 2.27. The molecule has 0 spiro atoms. The quantitative estimate of drug-likeness (QED) is 0.662. The number of hydrogen-bond acceptors (Lipinski definition) is 5. The van der Waals surface area contributed by atoms with E-state index in [2.05, 4.69) is 20.7 Å². The summed E-state index contributed by atoms with van der Waals surface area (Å²) in [4.78, 5) is -0.0457. The van der Waals surface area contributed by atoms with E-state index in [0.717, 1.165) is 0 Å². The third kappa shape index (κ3) is 4.43. The molecule has 1 aromatic rings. The Morgan fingerprint density at radius 1 is 1.37 bits per heavy atom. The zero-order valence-corrected chi connectivity index (χ0v) is 12.7. The summed E-state index contributed by atoms with van der Waals surface area (Å²) in [6.45, 7) is 1.09. The molecule has 0 bridgehead atoms. The van der Waals surface area contributed by atoms with Crippen molar-refractivity contribution in [1.82, 2.24) is 4.72 Å². The Bertz CT molecular complexity index is 516. The first-order valence-electron chi connectivity index (χ1n) is 5.61. The molecule has 0 saturated heterocycles. The normalized spacial score (nSPS) is 11.8. The zero-order valence-electron chi connectivity index (χ0n) is 10.3. The first-order valence-corrected chi connectivity index (χ1v) is 7.88. The van der Waals surface area contributed by atoms with Crippen molar-refractivity contribution in [3.05, 3.63) is 22.7 Å². The van der Waals surface area contributed by atoms with Crippen molar-refractivity contribution < 1.29 is 23.4 Å². The van der Waals surface area contributed by atoms with E-state index < -0.39 is 29.3 Å². The van der Waals surface area contributed by atoms with Crippen molar-refractivity contribution in [1.29, 1.82) is 0 Å². The molecular formula is C11H16BrNO5S. The Hall–Kier alpha value is -0.670. The lowest BCUT2D eigenvalue weighted by molar-refractivity contribution is 0.185. The van der Waals surface area contributed by atoms with E-state index in [1.165, 1.54) is 12.1 Å². The summed E-state index contributed by atoms with van der Waals surface area (Å²) in [6.07, 6.45) is 0. The number of halogens is 1. The molecule has 0 saturated carbocycles. The Kier molecular flexibility index (Phi) is 6.21. The van der Waals surface area contributed by atoms with Crippen LogP contribution in [0, 0.1) is 0 Å². The molecule has 0 aliphatic rings. The summed E-state index contributed by atoms with van der Waals surface area (Å²) < 4.78 is 32.4. The number of nitrogens with one attached hydrogen (secondary N) is 1. The molecule has 0 fully saturated rings. The van der Waals surface area contributed by atoms with Gasteiger partial charge in [0.1, 0.15) is 10.6 Å². The highest BCUT2D eigenvalue weighted by molar-refractivity contribution is 9.10. The van der Waals surface area contributed by atoms with Crippen LogP contribution >= 0.6 is 15.9 Å². The molecular weight excluding hydrogens is 338 g/mol. The first kappa shape index (κ1) is 16.4. The molecule has 8 heteroatoms. The van der Waals surface area contributed by atoms with Gasteiger partial charge in [-0.3, -0.25) is 0 Å². The summed E-state index contributed by atoms with van der Waals surface area (Å²) in [5, 5.41) is 17.9. The highest BCUT2D eigenvalue weighted by Gasteiger charge is 2.23. The van der Waals surface area contributed by atoms with E-state index in [1.54, 1.807) is 13.0 Å². The van der Waals surface area contributed by atoms with E-state index in [0.29, 0.717) is 11.1 Å². The van der Waals surface area contributed by atoms with Crippen LogP contribution in [0.2, 0.25) is 0 Å². The lowest BCUT2D eigenvalue weighted by Crippen LogP contribution is -2.40. The molecule has 1 rings (SSSR count). The van der Waals surface area contributed by atoms with Crippen LogP contribution in [0.25, 0.3) is 0 Å². The predicted molar refractivity (Wildman–Crippen MR) is 73.6 cm³/mol. The van der Waals surface area contributed by atoms with Gasteiger partial charge in [0.15, 0.2) is 0 Å². The minimum absolute atomic E-state index is 0.0457. The van der Waals surface area contributed by atoms with Crippen molar-refractivity contribution in [2.75, 3.05) is 19.8 Å². The van der Waals surface area contributed by atoms with Crippen LogP contribution in [-0.2, 0) is 10.0 Å². The summed E-state index contributed by atoms with van der Waals surface area (Å²) in [5.74, 6) is 0.216. The first-order chi connectivity index (χ1) is 8.94. The van der Waals surface area contributed by atoms with E-state index in [-0.39, 0.29) is 10.6 Å². The van der Waals surface area contributed by atoms with E-state index >= 15 is 0 Å². The summed E-state index contributed by atoms with van der Waals surface area (Å²) in [5.41, 5.74) is 0. The molecule has 6 nitrogen and oxygen atoms in total. The van der Waals surface area contributed by atoms with Crippen molar-refractivity contribution in [2.45, 2.75) is 17.9 Å². The van der Waals surface area contributed by atoms with Crippen molar-refractivity contribution in [3.63, 3.8) is 0 Å². The number of aliphatic hydroxyl groups is 2. The number of sulfonamides is 1. The molecule has 0 amide bonds. The molecule has 0 unspecified atom stereocenters. The van der Waals surface area contributed by atoms with Gasteiger partial charge in [0.2, 0.25) is 10.0 Å². The summed E-state index contributed by atoms with van der Waals surface area (Å²) >= 11 is 3.19. The van der Waals surface area contributed by atoms with Crippen LogP contribution in [-0.4, -0.2) is 44.5 Å².